The smallest absolute Gasteiger partial charge is 0.0863 e. The quantitative estimate of drug-likeness (QED) is 0.857. The lowest BCUT2D eigenvalue weighted by Crippen LogP contribution is -2.56. The maximum Gasteiger partial charge on any atom is 0.0863 e. The highest BCUT2D eigenvalue weighted by molar-refractivity contribution is 6.31. The van der Waals surface area contributed by atoms with E-state index >= 15 is 0 Å². The zero-order valence-electron chi connectivity index (χ0n) is 11.5. The average Bonchev–Trinajstić information content (AvgIpc) is 2.63. The molecule has 1 aliphatic rings. The molecule has 2 heterocycles. The number of nitrogens with zero attached hydrogens (tertiary/aromatic N) is 3. The van der Waals surface area contributed by atoms with Crippen molar-refractivity contribution in [3.05, 3.63) is 16.4 Å². The summed E-state index contributed by atoms with van der Waals surface area (Å²) in [5.41, 5.74) is 2.20. The summed E-state index contributed by atoms with van der Waals surface area (Å²) in [6.45, 7) is 11.5. The molecule has 0 radical (unpaired) electrons. The fourth-order valence-electron chi connectivity index (χ4n) is 2.39. The molecule has 4 nitrogen and oxygen atoms in total. The van der Waals surface area contributed by atoms with Gasteiger partial charge in [-0.1, -0.05) is 25.4 Å². The number of rotatable bonds is 6. The monoisotopic (exact) mass is 270 g/mol. The Balaban J connectivity index is 2.17. The minimum atomic E-state index is 0.649. The Labute approximate surface area is 114 Å². The van der Waals surface area contributed by atoms with Crippen LogP contribution in [-0.4, -0.2) is 40.4 Å². The van der Waals surface area contributed by atoms with Gasteiger partial charge in [0.05, 0.1) is 16.4 Å². The Kier molecular flexibility index (Phi) is 4.65. The number of nitrogens with one attached hydrogen (secondary N) is 1. The van der Waals surface area contributed by atoms with E-state index in [1.165, 1.54) is 5.69 Å². The summed E-state index contributed by atoms with van der Waals surface area (Å²) in [7, 11) is 0. The lowest BCUT2D eigenvalue weighted by atomic mass is 10.1. The second kappa shape index (κ2) is 6.04. The van der Waals surface area contributed by atoms with Crippen LogP contribution in [0.3, 0.4) is 0 Å². The van der Waals surface area contributed by atoms with Crippen molar-refractivity contribution in [2.24, 2.45) is 0 Å². The maximum absolute atomic E-state index is 6.45. The Hall–Kier alpha value is -0.580. The lowest BCUT2D eigenvalue weighted by molar-refractivity contribution is 0.141. The van der Waals surface area contributed by atoms with Gasteiger partial charge in [-0.2, -0.15) is 5.10 Å². The Morgan fingerprint density at radius 2 is 2.11 bits per heavy atom. The molecule has 2 rings (SSSR count). The molecule has 1 aromatic heterocycles. The van der Waals surface area contributed by atoms with Crippen molar-refractivity contribution in [3.8, 4) is 0 Å². The SMILES string of the molecule is CCc1nn(CC)c(CN(CC)C2CNC2)c1Cl. The fourth-order valence-corrected chi connectivity index (χ4v) is 2.72. The highest BCUT2D eigenvalue weighted by Crippen LogP contribution is 2.24. The zero-order valence-corrected chi connectivity index (χ0v) is 12.3. The molecule has 0 amide bonds. The van der Waals surface area contributed by atoms with Crippen molar-refractivity contribution < 1.29 is 0 Å². The summed E-state index contributed by atoms with van der Waals surface area (Å²) in [5.74, 6) is 0. The van der Waals surface area contributed by atoms with Crippen LogP contribution in [0.15, 0.2) is 0 Å². The van der Waals surface area contributed by atoms with Gasteiger partial charge in [0.15, 0.2) is 0 Å². The van der Waals surface area contributed by atoms with Crippen molar-refractivity contribution >= 4 is 11.6 Å². The molecule has 18 heavy (non-hydrogen) atoms. The molecule has 1 fully saturated rings. The molecule has 0 bridgehead atoms. The molecule has 0 unspecified atom stereocenters. The standard InChI is InChI=1S/C13H23ClN4/c1-4-11-13(14)12(18(6-3)16-11)9-17(5-2)10-7-15-8-10/h10,15H,4-9H2,1-3H3. The molecule has 1 N–H and O–H groups in total. The molecule has 5 heteroatoms. The first-order chi connectivity index (χ1) is 8.71. The molecule has 0 atom stereocenters. The molecule has 102 valence electrons. The molecule has 0 aliphatic carbocycles. The van der Waals surface area contributed by atoms with Crippen LogP contribution in [0.1, 0.15) is 32.2 Å². The minimum absolute atomic E-state index is 0.649. The first kappa shape index (κ1) is 13.8. The number of aromatic nitrogens is 2. The first-order valence-electron chi connectivity index (χ1n) is 6.90. The van der Waals surface area contributed by atoms with E-state index in [4.69, 9.17) is 11.6 Å². The van der Waals surface area contributed by atoms with Crippen molar-refractivity contribution in [3.63, 3.8) is 0 Å². The normalized spacial score (nSPS) is 16.3. The fraction of sp³-hybridized carbons (Fsp3) is 0.769. The van der Waals surface area contributed by atoms with Gasteiger partial charge in [-0.15, -0.1) is 0 Å². The highest BCUT2D eigenvalue weighted by Gasteiger charge is 2.25. The molecular weight excluding hydrogens is 248 g/mol. The second-order valence-electron chi connectivity index (χ2n) is 4.75. The van der Waals surface area contributed by atoms with E-state index in [1.54, 1.807) is 0 Å². The van der Waals surface area contributed by atoms with Crippen LogP contribution in [0, 0.1) is 0 Å². The Bertz CT molecular complexity index is 398. The molecular formula is C13H23ClN4. The highest BCUT2D eigenvalue weighted by atomic mass is 35.5. The second-order valence-corrected chi connectivity index (χ2v) is 5.13. The van der Waals surface area contributed by atoms with Gasteiger partial charge in [0.1, 0.15) is 0 Å². The minimum Gasteiger partial charge on any atom is -0.314 e. The van der Waals surface area contributed by atoms with Gasteiger partial charge in [0.2, 0.25) is 0 Å². The van der Waals surface area contributed by atoms with Crippen molar-refractivity contribution in [1.82, 2.24) is 20.0 Å². The Morgan fingerprint density at radius 1 is 1.39 bits per heavy atom. The maximum atomic E-state index is 6.45. The van der Waals surface area contributed by atoms with E-state index in [2.05, 4.69) is 40.8 Å². The summed E-state index contributed by atoms with van der Waals surface area (Å²) >= 11 is 6.45. The van der Waals surface area contributed by atoms with Gasteiger partial charge in [0, 0.05) is 32.2 Å². The van der Waals surface area contributed by atoms with Crippen LogP contribution in [0.5, 0.6) is 0 Å². The molecule has 0 spiro atoms. The van der Waals surface area contributed by atoms with Gasteiger partial charge in [0.25, 0.3) is 0 Å². The predicted molar refractivity (Wildman–Crippen MR) is 75.0 cm³/mol. The van der Waals surface area contributed by atoms with Crippen LogP contribution >= 0.6 is 11.6 Å². The third-order valence-corrected chi connectivity index (χ3v) is 4.17. The number of likely N-dealkylation sites (N-methyl/N-ethyl adjacent to an activating group) is 1. The van der Waals surface area contributed by atoms with Gasteiger partial charge in [-0.25, -0.2) is 0 Å². The van der Waals surface area contributed by atoms with E-state index in [1.807, 2.05) is 0 Å². The summed E-state index contributed by atoms with van der Waals surface area (Å²) in [5, 5.41) is 8.77. The summed E-state index contributed by atoms with van der Waals surface area (Å²) in [4.78, 5) is 2.48. The van der Waals surface area contributed by atoms with Gasteiger partial charge < -0.3 is 5.32 Å². The Morgan fingerprint density at radius 3 is 2.56 bits per heavy atom. The number of halogens is 1. The molecule has 1 saturated heterocycles. The lowest BCUT2D eigenvalue weighted by Gasteiger charge is -2.37. The summed E-state index contributed by atoms with van der Waals surface area (Å²) in [6.07, 6.45) is 0.899. The summed E-state index contributed by atoms with van der Waals surface area (Å²) in [6, 6.07) is 0.649. The van der Waals surface area contributed by atoms with Crippen molar-refractivity contribution in [2.75, 3.05) is 19.6 Å². The molecule has 1 aliphatic heterocycles. The third-order valence-electron chi connectivity index (χ3n) is 3.73. The average molecular weight is 271 g/mol. The molecule has 0 saturated carbocycles. The van der Waals surface area contributed by atoms with Crippen molar-refractivity contribution in [1.29, 1.82) is 0 Å². The van der Waals surface area contributed by atoms with Gasteiger partial charge in [-0.05, 0) is 19.9 Å². The van der Waals surface area contributed by atoms with Crippen LogP contribution in [0.2, 0.25) is 5.02 Å². The van der Waals surface area contributed by atoms with Crippen LogP contribution in [0.25, 0.3) is 0 Å². The van der Waals surface area contributed by atoms with Gasteiger partial charge in [-0.3, -0.25) is 9.58 Å². The third kappa shape index (κ3) is 2.56. The van der Waals surface area contributed by atoms with E-state index in [0.717, 1.165) is 49.9 Å². The number of hydrogen-bond donors (Lipinski definition) is 1. The predicted octanol–water partition coefficient (Wildman–Crippen LogP) is 1.91. The number of hydrogen-bond acceptors (Lipinski definition) is 3. The first-order valence-corrected chi connectivity index (χ1v) is 7.27. The molecule has 0 aromatic carbocycles. The van der Waals surface area contributed by atoms with E-state index < -0.39 is 0 Å². The van der Waals surface area contributed by atoms with Crippen molar-refractivity contribution in [2.45, 2.75) is 46.3 Å². The van der Waals surface area contributed by atoms with E-state index in [9.17, 15) is 0 Å². The van der Waals surface area contributed by atoms with Crippen LogP contribution < -0.4 is 5.32 Å². The van der Waals surface area contributed by atoms with Crippen LogP contribution in [0.4, 0.5) is 0 Å². The summed E-state index contributed by atoms with van der Waals surface area (Å²) < 4.78 is 2.05. The topological polar surface area (TPSA) is 33.1 Å². The van der Waals surface area contributed by atoms with E-state index in [0.29, 0.717) is 6.04 Å². The van der Waals surface area contributed by atoms with E-state index in [-0.39, 0.29) is 0 Å². The largest absolute Gasteiger partial charge is 0.314 e. The van der Waals surface area contributed by atoms with Crippen LogP contribution in [-0.2, 0) is 19.5 Å². The zero-order chi connectivity index (χ0) is 13.1. The molecule has 1 aromatic rings. The van der Waals surface area contributed by atoms with Gasteiger partial charge >= 0.3 is 0 Å². The number of aryl methyl sites for hydroxylation is 2.